The van der Waals surface area contributed by atoms with Crippen LogP contribution in [0.5, 0.6) is 0 Å². The third kappa shape index (κ3) is 6.30. The van der Waals surface area contributed by atoms with Gasteiger partial charge in [0.15, 0.2) is 6.61 Å². The van der Waals surface area contributed by atoms with Gasteiger partial charge >= 0.3 is 5.97 Å². The number of aryl methyl sites for hydroxylation is 2. The number of rotatable bonds is 8. The highest BCUT2D eigenvalue weighted by atomic mass is 127. The first-order valence-electron chi connectivity index (χ1n) is 8.01. The van der Waals surface area contributed by atoms with Crippen molar-refractivity contribution < 1.29 is 19.2 Å². The van der Waals surface area contributed by atoms with Gasteiger partial charge in [-0.2, -0.15) is 0 Å². The molecule has 0 heterocycles. The summed E-state index contributed by atoms with van der Waals surface area (Å²) in [5.41, 5.74) is 2.45. The van der Waals surface area contributed by atoms with Crippen molar-refractivity contribution in [3.8, 4) is 0 Å². The molecule has 1 aromatic rings. The molecule has 1 amide bonds. The Bertz CT molecular complexity index is 640. The largest absolute Gasteiger partial charge is 0.465 e. The molecule has 0 aliphatic carbocycles. The Morgan fingerprint density at radius 3 is 2.36 bits per heavy atom. The highest BCUT2D eigenvalue weighted by Crippen LogP contribution is 2.24. The van der Waals surface area contributed by atoms with Gasteiger partial charge in [-0.25, -0.2) is 0 Å². The van der Waals surface area contributed by atoms with Crippen molar-refractivity contribution in [2.45, 2.75) is 34.6 Å². The van der Waals surface area contributed by atoms with E-state index in [1.54, 1.807) is 20.8 Å². The molecular weight excluding hydrogens is 435 g/mol. The van der Waals surface area contributed by atoms with E-state index in [0.29, 0.717) is 16.7 Å². The predicted octanol–water partition coefficient (Wildman–Crippen LogP) is 3.64. The van der Waals surface area contributed by atoms with E-state index in [0.717, 1.165) is 16.8 Å². The first kappa shape index (κ1) is 21.4. The van der Waals surface area contributed by atoms with Crippen LogP contribution in [0, 0.1) is 19.3 Å². The van der Waals surface area contributed by atoms with E-state index in [4.69, 9.17) is 9.57 Å². The molecule has 0 saturated carbocycles. The van der Waals surface area contributed by atoms with Gasteiger partial charge in [0.2, 0.25) is 0 Å². The van der Waals surface area contributed by atoms with E-state index in [1.807, 2.05) is 32.0 Å². The van der Waals surface area contributed by atoms with Crippen molar-refractivity contribution in [1.82, 2.24) is 0 Å². The second kappa shape index (κ2) is 9.74. The van der Waals surface area contributed by atoms with E-state index >= 15 is 0 Å². The molecule has 0 fully saturated rings. The number of esters is 1. The number of nitrogens with one attached hydrogen (secondary N) is 1. The van der Waals surface area contributed by atoms with Crippen LogP contribution in [0.4, 0.5) is 5.69 Å². The van der Waals surface area contributed by atoms with Crippen LogP contribution in [0.2, 0.25) is 0 Å². The van der Waals surface area contributed by atoms with Gasteiger partial charge in [-0.1, -0.05) is 33.8 Å². The molecule has 1 unspecified atom stereocenters. The zero-order valence-corrected chi connectivity index (χ0v) is 17.5. The lowest BCUT2D eigenvalue weighted by atomic mass is 9.88. The molecule has 0 bridgehead atoms. The van der Waals surface area contributed by atoms with Crippen LogP contribution in [0.25, 0.3) is 0 Å². The smallest absolute Gasteiger partial charge is 0.318 e. The molecule has 0 saturated heterocycles. The summed E-state index contributed by atoms with van der Waals surface area (Å²) in [4.78, 5) is 29.2. The van der Waals surface area contributed by atoms with Crippen LogP contribution in [-0.2, 0) is 19.2 Å². The van der Waals surface area contributed by atoms with Crippen LogP contribution in [0.15, 0.2) is 23.4 Å². The number of benzene rings is 1. The summed E-state index contributed by atoms with van der Waals surface area (Å²) in [5, 5.41) is 6.70. The van der Waals surface area contributed by atoms with Crippen molar-refractivity contribution in [3.05, 3.63) is 29.3 Å². The van der Waals surface area contributed by atoms with Gasteiger partial charge in [0.05, 0.1) is 12.3 Å². The average Bonchev–Trinajstić information content (AvgIpc) is 2.52. The second-order valence-electron chi connectivity index (χ2n) is 6.06. The minimum absolute atomic E-state index is 0.232. The third-order valence-corrected chi connectivity index (χ3v) is 5.22. The lowest BCUT2D eigenvalue weighted by Gasteiger charge is -2.24. The van der Waals surface area contributed by atoms with Crippen LogP contribution >= 0.6 is 22.6 Å². The highest BCUT2D eigenvalue weighted by Gasteiger charge is 2.37. The van der Waals surface area contributed by atoms with Crippen molar-refractivity contribution in [1.29, 1.82) is 0 Å². The van der Waals surface area contributed by atoms with Crippen molar-refractivity contribution in [3.63, 3.8) is 0 Å². The summed E-state index contributed by atoms with van der Waals surface area (Å²) in [6.45, 7) is 9.20. The van der Waals surface area contributed by atoms with Crippen LogP contribution in [-0.4, -0.2) is 35.2 Å². The van der Waals surface area contributed by atoms with E-state index in [-0.39, 0.29) is 18.5 Å². The van der Waals surface area contributed by atoms with Crippen LogP contribution < -0.4 is 5.32 Å². The maximum absolute atomic E-state index is 12.1. The first-order chi connectivity index (χ1) is 11.7. The molecule has 1 atom stereocenters. The Morgan fingerprint density at radius 2 is 1.84 bits per heavy atom. The summed E-state index contributed by atoms with van der Waals surface area (Å²) >= 11 is 2.11. The summed E-state index contributed by atoms with van der Waals surface area (Å²) < 4.78 is 5.59. The van der Waals surface area contributed by atoms with Gasteiger partial charge < -0.3 is 14.9 Å². The molecule has 1 N–H and O–H groups in total. The number of ether oxygens (including phenoxy) is 1. The number of amides is 1. The molecule has 25 heavy (non-hydrogen) atoms. The summed E-state index contributed by atoms with van der Waals surface area (Å²) in [5.74, 6) is -0.664. The maximum Gasteiger partial charge on any atom is 0.318 e. The van der Waals surface area contributed by atoms with Crippen molar-refractivity contribution >= 4 is 45.9 Å². The highest BCUT2D eigenvalue weighted by molar-refractivity contribution is 14.1. The van der Waals surface area contributed by atoms with Gasteiger partial charge in [0.1, 0.15) is 5.41 Å². The fraction of sp³-hybridized carbons (Fsp3) is 0.500. The molecule has 7 heteroatoms. The minimum Gasteiger partial charge on any atom is -0.465 e. The standard InChI is InChI=1S/C18H25IN2O4/c1-6-24-17(23)18(5,11-19)14(4)21-25-10-16(22)20-15-8-12(2)7-13(3)9-15/h7-9H,6,10-11H2,1-5H3,(H,20,22)/b21-14+. The fourth-order valence-electron chi connectivity index (χ4n) is 2.12. The molecule has 1 rings (SSSR count). The van der Waals surface area contributed by atoms with Gasteiger partial charge in [-0.15, -0.1) is 0 Å². The fourth-order valence-corrected chi connectivity index (χ4v) is 2.99. The quantitative estimate of drug-likeness (QED) is 0.211. The average molecular weight is 460 g/mol. The van der Waals surface area contributed by atoms with E-state index < -0.39 is 5.41 Å². The molecule has 6 nitrogen and oxygen atoms in total. The van der Waals surface area contributed by atoms with Gasteiger partial charge in [0.25, 0.3) is 5.91 Å². The normalized spacial score (nSPS) is 13.8. The first-order valence-corrected chi connectivity index (χ1v) is 9.54. The van der Waals surface area contributed by atoms with Crippen molar-refractivity contribution in [2.24, 2.45) is 10.6 Å². The van der Waals surface area contributed by atoms with Gasteiger partial charge in [-0.3, -0.25) is 9.59 Å². The Morgan fingerprint density at radius 1 is 1.24 bits per heavy atom. The zero-order valence-electron chi connectivity index (χ0n) is 15.3. The molecular formula is C18H25IN2O4. The lowest BCUT2D eigenvalue weighted by molar-refractivity contribution is -0.149. The number of alkyl halides is 1. The van der Waals surface area contributed by atoms with Gasteiger partial charge in [0, 0.05) is 10.1 Å². The summed E-state index contributed by atoms with van der Waals surface area (Å²) in [7, 11) is 0. The molecule has 138 valence electrons. The van der Waals surface area contributed by atoms with E-state index in [9.17, 15) is 9.59 Å². The maximum atomic E-state index is 12.1. The number of anilines is 1. The van der Waals surface area contributed by atoms with E-state index in [2.05, 4.69) is 33.1 Å². The molecule has 0 radical (unpaired) electrons. The Balaban J connectivity index is 2.65. The van der Waals surface area contributed by atoms with Crippen LogP contribution in [0.1, 0.15) is 31.9 Å². The second-order valence-corrected chi connectivity index (χ2v) is 6.82. The number of carbonyl (C=O) groups excluding carboxylic acids is 2. The Kier molecular flexibility index (Phi) is 8.34. The van der Waals surface area contributed by atoms with Gasteiger partial charge in [-0.05, 0) is 57.9 Å². The number of hydrogen-bond donors (Lipinski definition) is 1. The molecule has 0 aromatic heterocycles. The predicted molar refractivity (Wildman–Crippen MR) is 107 cm³/mol. The lowest BCUT2D eigenvalue weighted by Crippen LogP contribution is -2.38. The topological polar surface area (TPSA) is 77.0 Å². The zero-order chi connectivity index (χ0) is 19.0. The summed E-state index contributed by atoms with van der Waals surface area (Å²) in [6.07, 6.45) is 0. The number of halogens is 1. The molecule has 0 aliphatic heterocycles. The minimum atomic E-state index is -0.874. The third-order valence-electron chi connectivity index (χ3n) is 3.69. The monoisotopic (exact) mass is 460 g/mol. The molecule has 1 aromatic carbocycles. The number of carbonyl (C=O) groups is 2. The Labute approximate surface area is 162 Å². The summed E-state index contributed by atoms with van der Waals surface area (Å²) in [6, 6.07) is 5.79. The van der Waals surface area contributed by atoms with E-state index in [1.165, 1.54) is 0 Å². The van der Waals surface area contributed by atoms with Crippen LogP contribution in [0.3, 0.4) is 0 Å². The number of oxime groups is 1. The molecule has 0 spiro atoms. The Hall–Kier alpha value is -1.64. The molecule has 0 aliphatic rings. The van der Waals surface area contributed by atoms with Crippen molar-refractivity contribution in [2.75, 3.05) is 23.0 Å². The number of hydrogen-bond acceptors (Lipinski definition) is 5. The SMILES string of the molecule is CCOC(=O)C(C)(CI)/C(C)=N/OCC(=O)Nc1cc(C)cc(C)c1. The number of nitrogens with zero attached hydrogens (tertiary/aromatic N) is 1.